The topological polar surface area (TPSA) is 69.4 Å². The molecule has 0 N–H and O–H groups in total. The van der Waals surface area contributed by atoms with E-state index in [0.717, 1.165) is 16.1 Å². The minimum atomic E-state index is -1.21. The van der Waals surface area contributed by atoms with Crippen LogP contribution in [0.25, 0.3) is 22.1 Å². The van der Waals surface area contributed by atoms with Crippen LogP contribution in [0, 0.1) is 0 Å². The first-order chi connectivity index (χ1) is 11.4. The summed E-state index contributed by atoms with van der Waals surface area (Å²) < 4.78 is 6.43. The zero-order valence-electron chi connectivity index (χ0n) is 13.1. The van der Waals surface area contributed by atoms with Crippen molar-refractivity contribution in [1.82, 2.24) is 4.98 Å². The van der Waals surface area contributed by atoms with Crippen LogP contribution in [0.15, 0.2) is 40.8 Å². The smallest absolute Gasteiger partial charge is 0.227 e. The van der Waals surface area contributed by atoms with Gasteiger partial charge in [0.2, 0.25) is 5.89 Å². The molecule has 0 aliphatic rings. The van der Waals surface area contributed by atoms with Crippen LogP contribution < -0.4 is 10.0 Å². The quantitative estimate of drug-likeness (QED) is 0.698. The number of carboxylic acid groups (broad SMARTS) is 1. The molecule has 3 aromatic rings. The molecule has 1 aromatic carbocycles. The van der Waals surface area contributed by atoms with Crippen molar-refractivity contribution in [3.05, 3.63) is 46.4 Å². The first kappa shape index (κ1) is 16.5. The highest BCUT2D eigenvalue weighted by Gasteiger charge is 2.18. The van der Waals surface area contributed by atoms with Gasteiger partial charge in [0.25, 0.3) is 0 Å². The van der Waals surface area contributed by atoms with Gasteiger partial charge in [0.15, 0.2) is 5.76 Å². The van der Waals surface area contributed by atoms with Gasteiger partial charge in [0, 0.05) is 37.7 Å². The standard InChI is InChI=1S/C17H15ClN2O3S/c1-20(2)11-5-3-10(4-6-11)17-19-12(9-15(21)22)16(23-17)13-7-8-14(18)24-13/h3-8H,9H2,1-2H3,(H,21,22)/p-1. The van der Waals surface area contributed by atoms with Crippen molar-refractivity contribution in [2.45, 2.75) is 6.42 Å². The van der Waals surface area contributed by atoms with Crippen molar-refractivity contribution in [2.24, 2.45) is 0 Å². The van der Waals surface area contributed by atoms with E-state index >= 15 is 0 Å². The Morgan fingerprint density at radius 3 is 2.50 bits per heavy atom. The first-order valence-corrected chi connectivity index (χ1v) is 8.36. The molecule has 2 heterocycles. The van der Waals surface area contributed by atoms with Crippen molar-refractivity contribution in [3.8, 4) is 22.1 Å². The molecule has 5 nitrogen and oxygen atoms in total. The van der Waals surface area contributed by atoms with Crippen LogP contribution in [0.3, 0.4) is 0 Å². The Bertz CT molecular complexity index is 868. The Morgan fingerprint density at radius 1 is 1.25 bits per heavy atom. The third kappa shape index (κ3) is 3.44. The van der Waals surface area contributed by atoms with Crippen molar-refractivity contribution in [1.29, 1.82) is 0 Å². The zero-order valence-corrected chi connectivity index (χ0v) is 14.6. The lowest BCUT2D eigenvalue weighted by molar-refractivity contribution is -0.304. The van der Waals surface area contributed by atoms with Crippen LogP contribution in [0.4, 0.5) is 5.69 Å². The molecule has 0 spiro atoms. The minimum Gasteiger partial charge on any atom is -0.550 e. The minimum absolute atomic E-state index is 0.315. The second-order valence-corrected chi connectivity index (χ2v) is 7.10. The van der Waals surface area contributed by atoms with E-state index in [2.05, 4.69) is 4.98 Å². The monoisotopic (exact) mass is 361 g/mol. The lowest BCUT2D eigenvalue weighted by Gasteiger charge is -2.11. The van der Waals surface area contributed by atoms with Gasteiger partial charge in [-0.1, -0.05) is 11.6 Å². The number of aromatic nitrogens is 1. The van der Waals surface area contributed by atoms with E-state index in [-0.39, 0.29) is 6.42 Å². The average molecular weight is 362 g/mol. The summed E-state index contributed by atoms with van der Waals surface area (Å²) in [4.78, 5) is 18.1. The number of hydrogen-bond donors (Lipinski definition) is 0. The van der Waals surface area contributed by atoms with E-state index < -0.39 is 5.97 Å². The van der Waals surface area contributed by atoms with Crippen LogP contribution in [0.1, 0.15) is 5.69 Å². The maximum atomic E-state index is 11.0. The van der Waals surface area contributed by atoms with Gasteiger partial charge in [-0.2, -0.15) is 0 Å². The molecule has 0 amide bonds. The van der Waals surface area contributed by atoms with E-state index in [0.29, 0.717) is 21.7 Å². The van der Waals surface area contributed by atoms with Gasteiger partial charge in [-0.25, -0.2) is 4.98 Å². The molecular weight excluding hydrogens is 348 g/mol. The number of carbonyl (C=O) groups is 1. The van der Waals surface area contributed by atoms with E-state index in [1.54, 1.807) is 12.1 Å². The van der Waals surface area contributed by atoms with Gasteiger partial charge in [-0.3, -0.25) is 0 Å². The second-order valence-electron chi connectivity index (χ2n) is 5.39. The molecule has 124 valence electrons. The molecule has 0 bridgehead atoms. The summed E-state index contributed by atoms with van der Waals surface area (Å²) in [6, 6.07) is 11.2. The van der Waals surface area contributed by atoms with Crippen LogP contribution >= 0.6 is 22.9 Å². The van der Waals surface area contributed by atoms with Gasteiger partial charge in [-0.15, -0.1) is 11.3 Å². The highest BCUT2D eigenvalue weighted by atomic mass is 35.5. The van der Waals surface area contributed by atoms with Crippen LogP contribution in [0.2, 0.25) is 4.34 Å². The van der Waals surface area contributed by atoms with Crippen molar-refractivity contribution >= 4 is 34.6 Å². The first-order valence-electron chi connectivity index (χ1n) is 7.17. The summed E-state index contributed by atoms with van der Waals surface area (Å²) >= 11 is 7.27. The largest absolute Gasteiger partial charge is 0.550 e. The number of anilines is 1. The molecule has 0 saturated heterocycles. The molecule has 0 fully saturated rings. The molecule has 0 atom stereocenters. The predicted octanol–water partition coefficient (Wildman–Crippen LogP) is 3.08. The molecule has 0 saturated carbocycles. The summed E-state index contributed by atoms with van der Waals surface area (Å²) in [6.07, 6.45) is -0.315. The highest BCUT2D eigenvalue weighted by Crippen LogP contribution is 2.36. The fourth-order valence-electron chi connectivity index (χ4n) is 2.26. The zero-order chi connectivity index (χ0) is 17.3. The Balaban J connectivity index is 2.02. The fraction of sp³-hybridized carbons (Fsp3) is 0.176. The summed E-state index contributed by atoms with van der Waals surface area (Å²) in [5.41, 5.74) is 2.15. The Hall–Kier alpha value is -2.31. The lowest BCUT2D eigenvalue weighted by Crippen LogP contribution is -2.24. The summed E-state index contributed by atoms with van der Waals surface area (Å²) in [6.45, 7) is 0. The molecule has 0 radical (unpaired) electrons. The van der Waals surface area contributed by atoms with Crippen molar-refractivity contribution < 1.29 is 14.3 Å². The van der Waals surface area contributed by atoms with Crippen LogP contribution in [-0.2, 0) is 11.2 Å². The summed E-state index contributed by atoms with van der Waals surface area (Å²) in [5.74, 6) is -0.416. The van der Waals surface area contributed by atoms with Gasteiger partial charge in [0.05, 0.1) is 14.9 Å². The number of carbonyl (C=O) groups excluding carboxylic acids is 1. The summed E-state index contributed by atoms with van der Waals surface area (Å²) in [7, 11) is 3.91. The third-order valence-electron chi connectivity index (χ3n) is 3.44. The maximum absolute atomic E-state index is 11.0. The number of benzene rings is 1. The molecule has 0 aliphatic heterocycles. The van der Waals surface area contributed by atoms with Crippen LogP contribution in [0.5, 0.6) is 0 Å². The van der Waals surface area contributed by atoms with Crippen LogP contribution in [-0.4, -0.2) is 25.0 Å². The Kier molecular flexibility index (Phi) is 4.59. The number of aliphatic carboxylic acids is 1. The summed E-state index contributed by atoms with van der Waals surface area (Å²) in [5, 5.41) is 11.0. The fourth-order valence-corrected chi connectivity index (χ4v) is 3.31. The van der Waals surface area contributed by atoms with Gasteiger partial charge >= 0.3 is 0 Å². The molecule has 3 rings (SSSR count). The molecule has 0 unspecified atom stereocenters. The highest BCUT2D eigenvalue weighted by molar-refractivity contribution is 7.19. The average Bonchev–Trinajstić information content (AvgIpc) is 3.13. The van der Waals surface area contributed by atoms with Gasteiger partial charge in [-0.05, 0) is 36.4 Å². The Labute approximate surface area is 148 Å². The number of rotatable bonds is 5. The number of oxazole rings is 1. The van der Waals surface area contributed by atoms with Gasteiger partial charge in [0.1, 0.15) is 0 Å². The second kappa shape index (κ2) is 6.67. The SMILES string of the molecule is CN(C)c1ccc(-c2nc(CC(=O)[O-])c(-c3ccc(Cl)s3)o2)cc1. The Morgan fingerprint density at radius 2 is 1.96 bits per heavy atom. The maximum Gasteiger partial charge on any atom is 0.227 e. The van der Waals surface area contributed by atoms with Crippen molar-refractivity contribution in [2.75, 3.05) is 19.0 Å². The molecule has 7 heteroatoms. The molecular formula is C17H14ClN2O3S-. The number of halogens is 1. The van der Waals surface area contributed by atoms with E-state index in [1.807, 2.05) is 43.3 Å². The molecule has 0 aliphatic carbocycles. The molecule has 24 heavy (non-hydrogen) atoms. The third-order valence-corrected chi connectivity index (χ3v) is 4.67. The number of nitrogens with zero attached hydrogens (tertiary/aromatic N) is 2. The van der Waals surface area contributed by atoms with E-state index in [4.69, 9.17) is 16.0 Å². The number of hydrogen-bond acceptors (Lipinski definition) is 6. The molecule has 2 aromatic heterocycles. The number of thiophene rings is 1. The lowest BCUT2D eigenvalue weighted by atomic mass is 10.2. The van der Waals surface area contributed by atoms with E-state index in [1.165, 1.54) is 11.3 Å². The van der Waals surface area contributed by atoms with Crippen molar-refractivity contribution in [3.63, 3.8) is 0 Å². The number of carboxylic acids is 1. The normalized spacial score (nSPS) is 10.8. The predicted molar refractivity (Wildman–Crippen MR) is 93.3 cm³/mol. The van der Waals surface area contributed by atoms with E-state index in [9.17, 15) is 9.90 Å². The van der Waals surface area contributed by atoms with Gasteiger partial charge < -0.3 is 19.2 Å².